The topological polar surface area (TPSA) is 75.9 Å². The Hall–Kier alpha value is -1.95. The van der Waals surface area contributed by atoms with E-state index in [0.29, 0.717) is 0 Å². The van der Waals surface area contributed by atoms with Gasteiger partial charge in [0.2, 0.25) is 0 Å². The van der Waals surface area contributed by atoms with E-state index in [2.05, 4.69) is 34.7 Å². The minimum absolute atomic E-state index is 0.0471. The van der Waals surface area contributed by atoms with E-state index in [-0.39, 0.29) is 12.0 Å². The van der Waals surface area contributed by atoms with E-state index >= 15 is 0 Å². The maximum absolute atomic E-state index is 9.56. The molecule has 0 radical (unpaired) electrons. The van der Waals surface area contributed by atoms with Gasteiger partial charge in [-0.15, -0.1) is 5.10 Å². The summed E-state index contributed by atoms with van der Waals surface area (Å²) < 4.78 is 1.61. The van der Waals surface area contributed by atoms with E-state index in [1.807, 2.05) is 24.3 Å². The van der Waals surface area contributed by atoms with Gasteiger partial charge in [0, 0.05) is 17.6 Å². The first-order chi connectivity index (χ1) is 9.73. The lowest BCUT2D eigenvalue weighted by Crippen LogP contribution is -2.32. The van der Waals surface area contributed by atoms with Crippen LogP contribution in [-0.2, 0) is 0 Å². The summed E-state index contributed by atoms with van der Waals surface area (Å²) in [6.45, 7) is 5.20. The molecule has 20 heavy (non-hydrogen) atoms. The molecule has 6 nitrogen and oxygen atoms in total. The number of rotatable bonds is 7. The molecule has 0 spiro atoms. The van der Waals surface area contributed by atoms with Crippen LogP contribution >= 0.6 is 0 Å². The zero-order valence-electron chi connectivity index (χ0n) is 12.0. The van der Waals surface area contributed by atoms with Crippen LogP contribution in [0.2, 0.25) is 0 Å². The Kier molecular flexibility index (Phi) is 4.68. The molecule has 6 heteroatoms. The highest BCUT2D eigenvalue weighted by Gasteiger charge is 2.24. The number of tetrazole rings is 1. The van der Waals surface area contributed by atoms with Gasteiger partial charge in [0.05, 0.1) is 12.3 Å². The third kappa shape index (κ3) is 3.14. The fourth-order valence-electron chi connectivity index (χ4n) is 2.08. The van der Waals surface area contributed by atoms with Crippen LogP contribution in [0.15, 0.2) is 30.6 Å². The molecule has 108 valence electrons. The highest BCUT2D eigenvalue weighted by Crippen LogP contribution is 2.26. The molecule has 0 aliphatic carbocycles. The molecular weight excluding hydrogens is 254 g/mol. The fourth-order valence-corrected chi connectivity index (χ4v) is 2.08. The van der Waals surface area contributed by atoms with Crippen LogP contribution in [0.5, 0.6) is 0 Å². The fraction of sp³-hybridized carbons (Fsp3) is 0.500. The second kappa shape index (κ2) is 6.47. The molecule has 0 bridgehead atoms. The van der Waals surface area contributed by atoms with Gasteiger partial charge in [0.25, 0.3) is 0 Å². The molecule has 1 aromatic carbocycles. The van der Waals surface area contributed by atoms with Crippen LogP contribution in [-0.4, -0.2) is 38.5 Å². The van der Waals surface area contributed by atoms with Crippen molar-refractivity contribution in [3.63, 3.8) is 0 Å². The Morgan fingerprint density at radius 2 is 1.90 bits per heavy atom. The number of benzene rings is 1. The van der Waals surface area contributed by atoms with Crippen LogP contribution in [0.25, 0.3) is 5.69 Å². The largest absolute Gasteiger partial charge is 0.396 e. The molecule has 0 fully saturated rings. The lowest BCUT2D eigenvalue weighted by atomic mass is 9.83. The predicted molar refractivity (Wildman–Crippen MR) is 77.7 cm³/mol. The molecule has 0 saturated carbocycles. The van der Waals surface area contributed by atoms with Gasteiger partial charge < -0.3 is 10.4 Å². The maximum Gasteiger partial charge on any atom is 0.143 e. The molecule has 1 aromatic heterocycles. The van der Waals surface area contributed by atoms with Crippen molar-refractivity contribution in [1.82, 2.24) is 20.2 Å². The molecule has 0 aliphatic heterocycles. The Morgan fingerprint density at radius 1 is 1.20 bits per heavy atom. The van der Waals surface area contributed by atoms with Crippen molar-refractivity contribution in [2.45, 2.75) is 26.7 Å². The molecule has 0 atom stereocenters. The summed E-state index contributed by atoms with van der Waals surface area (Å²) in [4.78, 5) is 0. The van der Waals surface area contributed by atoms with Crippen molar-refractivity contribution in [1.29, 1.82) is 0 Å². The van der Waals surface area contributed by atoms with Gasteiger partial charge in [-0.1, -0.05) is 13.8 Å². The van der Waals surface area contributed by atoms with Gasteiger partial charge in [-0.2, -0.15) is 0 Å². The van der Waals surface area contributed by atoms with Crippen molar-refractivity contribution >= 4 is 5.69 Å². The van der Waals surface area contributed by atoms with Gasteiger partial charge >= 0.3 is 0 Å². The molecule has 0 amide bonds. The number of aromatic nitrogens is 4. The summed E-state index contributed by atoms with van der Waals surface area (Å²) in [7, 11) is 0. The summed E-state index contributed by atoms with van der Waals surface area (Å²) in [6.07, 6.45) is 3.47. The first-order valence-corrected chi connectivity index (χ1v) is 6.91. The van der Waals surface area contributed by atoms with Crippen molar-refractivity contribution in [2.75, 3.05) is 18.5 Å². The average molecular weight is 275 g/mol. The number of aliphatic hydroxyl groups is 1. The minimum Gasteiger partial charge on any atom is -0.396 e. The van der Waals surface area contributed by atoms with E-state index in [9.17, 15) is 5.11 Å². The lowest BCUT2D eigenvalue weighted by Gasteiger charge is -2.30. The first kappa shape index (κ1) is 14.5. The van der Waals surface area contributed by atoms with Crippen molar-refractivity contribution in [3.05, 3.63) is 30.6 Å². The van der Waals surface area contributed by atoms with E-state index in [0.717, 1.165) is 30.8 Å². The average Bonchev–Trinajstić information content (AvgIpc) is 3.04. The Labute approximate surface area is 118 Å². The predicted octanol–water partition coefficient (Wildman–Crippen LogP) is 1.87. The van der Waals surface area contributed by atoms with Crippen LogP contribution in [0, 0.1) is 5.41 Å². The number of nitrogens with zero attached hydrogens (tertiary/aromatic N) is 4. The molecular formula is C14H21N5O. The Bertz CT molecular complexity index is 497. The zero-order chi connectivity index (χ0) is 14.4. The lowest BCUT2D eigenvalue weighted by molar-refractivity contribution is 0.127. The third-order valence-electron chi connectivity index (χ3n) is 3.98. The maximum atomic E-state index is 9.56. The van der Waals surface area contributed by atoms with Crippen molar-refractivity contribution < 1.29 is 5.11 Å². The highest BCUT2D eigenvalue weighted by molar-refractivity contribution is 5.48. The minimum atomic E-state index is -0.0471. The zero-order valence-corrected chi connectivity index (χ0v) is 12.0. The molecule has 1 heterocycles. The van der Waals surface area contributed by atoms with Crippen molar-refractivity contribution in [3.8, 4) is 5.69 Å². The molecule has 2 rings (SSSR count). The monoisotopic (exact) mass is 275 g/mol. The second-order valence-corrected chi connectivity index (χ2v) is 5.02. The number of hydrogen-bond donors (Lipinski definition) is 2. The summed E-state index contributed by atoms with van der Waals surface area (Å²) in [5.74, 6) is 0. The van der Waals surface area contributed by atoms with Crippen LogP contribution in [0.1, 0.15) is 26.7 Å². The molecule has 0 unspecified atom stereocenters. The SMILES string of the molecule is CCC(CC)(CO)CNc1ccc(-n2cnnn2)cc1. The first-order valence-electron chi connectivity index (χ1n) is 6.91. The Balaban J connectivity index is 2.01. The van der Waals surface area contributed by atoms with Gasteiger partial charge in [0.15, 0.2) is 0 Å². The smallest absolute Gasteiger partial charge is 0.143 e. The van der Waals surface area contributed by atoms with E-state index in [1.165, 1.54) is 0 Å². The van der Waals surface area contributed by atoms with E-state index in [4.69, 9.17) is 0 Å². The summed E-state index contributed by atoms with van der Waals surface area (Å²) in [6, 6.07) is 7.89. The number of anilines is 1. The van der Waals surface area contributed by atoms with E-state index < -0.39 is 0 Å². The quantitative estimate of drug-likeness (QED) is 0.807. The molecule has 2 N–H and O–H groups in total. The van der Waals surface area contributed by atoms with E-state index in [1.54, 1.807) is 11.0 Å². The van der Waals surface area contributed by atoms with Crippen LogP contribution in [0.3, 0.4) is 0 Å². The van der Waals surface area contributed by atoms with Crippen LogP contribution < -0.4 is 5.32 Å². The highest BCUT2D eigenvalue weighted by atomic mass is 16.3. The standard InChI is InChI=1S/C14H21N5O/c1-3-14(4-2,10-20)9-15-12-5-7-13(8-6-12)19-11-16-17-18-19/h5-8,11,15,20H,3-4,9-10H2,1-2H3. The molecule has 0 saturated heterocycles. The summed E-state index contributed by atoms with van der Waals surface area (Å²) in [5.41, 5.74) is 1.90. The second-order valence-electron chi connectivity index (χ2n) is 5.02. The Morgan fingerprint density at radius 3 is 2.40 bits per heavy atom. The third-order valence-corrected chi connectivity index (χ3v) is 3.98. The van der Waals surface area contributed by atoms with Gasteiger partial charge in [-0.25, -0.2) is 4.68 Å². The normalized spacial score (nSPS) is 11.6. The number of hydrogen-bond acceptors (Lipinski definition) is 5. The molecule has 0 aliphatic rings. The van der Waals surface area contributed by atoms with Crippen LogP contribution in [0.4, 0.5) is 5.69 Å². The van der Waals surface area contributed by atoms with Gasteiger partial charge in [-0.3, -0.25) is 0 Å². The number of aliphatic hydroxyl groups excluding tert-OH is 1. The van der Waals surface area contributed by atoms with Gasteiger partial charge in [0.1, 0.15) is 6.33 Å². The summed E-state index contributed by atoms with van der Waals surface area (Å²) >= 11 is 0. The van der Waals surface area contributed by atoms with Gasteiger partial charge in [-0.05, 0) is 47.5 Å². The van der Waals surface area contributed by atoms with Crippen molar-refractivity contribution in [2.24, 2.45) is 5.41 Å². The summed E-state index contributed by atoms with van der Waals surface area (Å²) in [5, 5.41) is 24.0. The molecule has 2 aromatic rings. The number of nitrogens with one attached hydrogen (secondary N) is 1.